The molecule has 24 heavy (non-hydrogen) atoms. The van der Waals surface area contributed by atoms with Crippen molar-refractivity contribution in [2.75, 3.05) is 5.73 Å². The molecule has 120 valence electrons. The maximum atomic E-state index is 9.43. The van der Waals surface area contributed by atoms with E-state index < -0.39 is 0 Å². The molecular formula is C15H11N5O4. The summed E-state index contributed by atoms with van der Waals surface area (Å²) in [5, 5.41) is 17.5. The zero-order valence-corrected chi connectivity index (χ0v) is 12.4. The molecule has 9 heteroatoms. The van der Waals surface area contributed by atoms with Gasteiger partial charge in [0.05, 0.1) is 18.6 Å². The summed E-state index contributed by atoms with van der Waals surface area (Å²) in [4.78, 5) is 8.02. The molecule has 3 N–H and O–H groups in total. The van der Waals surface area contributed by atoms with Gasteiger partial charge in [0.2, 0.25) is 5.88 Å². The van der Waals surface area contributed by atoms with E-state index in [-0.39, 0.29) is 11.6 Å². The normalized spacial score (nSPS) is 11.0. The van der Waals surface area contributed by atoms with Crippen LogP contribution in [-0.4, -0.2) is 25.4 Å². The van der Waals surface area contributed by atoms with Crippen molar-refractivity contribution in [3.05, 3.63) is 36.3 Å². The Morgan fingerprint density at radius 3 is 2.79 bits per heavy atom. The highest BCUT2D eigenvalue weighted by Crippen LogP contribution is 2.35. The van der Waals surface area contributed by atoms with Crippen LogP contribution in [0.5, 0.6) is 17.4 Å². The lowest BCUT2D eigenvalue weighted by Crippen LogP contribution is -1.89. The highest BCUT2D eigenvalue weighted by molar-refractivity contribution is 5.88. The molecule has 0 aliphatic rings. The lowest BCUT2D eigenvalue weighted by molar-refractivity contribution is 0.309. The van der Waals surface area contributed by atoms with Crippen LogP contribution in [0.3, 0.4) is 0 Å². The predicted molar refractivity (Wildman–Crippen MR) is 82.4 cm³/mol. The average molecular weight is 325 g/mol. The third-order valence-corrected chi connectivity index (χ3v) is 3.45. The maximum Gasteiger partial charge on any atom is 0.220 e. The molecule has 4 heterocycles. The molecule has 0 radical (unpaired) electrons. The molecule has 4 aromatic heterocycles. The standard InChI is InChI=1S/C15H11N5O4/c1-7-10-3-12(22-9-2-8(21)4-17-5-9)18-6-11(10)23-14(7)13-15(16)20-24-19-13/h2-6,21H,1H3,(H2,16,20). The number of fused-ring (bicyclic) bond motifs is 1. The van der Waals surface area contributed by atoms with E-state index in [0.29, 0.717) is 28.7 Å². The minimum atomic E-state index is 0.00404. The van der Waals surface area contributed by atoms with Crippen molar-refractivity contribution in [2.45, 2.75) is 6.92 Å². The van der Waals surface area contributed by atoms with E-state index in [2.05, 4.69) is 24.9 Å². The van der Waals surface area contributed by atoms with Crippen LogP contribution in [0, 0.1) is 6.92 Å². The monoisotopic (exact) mass is 325 g/mol. The van der Waals surface area contributed by atoms with Crippen LogP contribution < -0.4 is 10.5 Å². The van der Waals surface area contributed by atoms with Crippen LogP contribution in [0.1, 0.15) is 5.56 Å². The first-order valence-electron chi connectivity index (χ1n) is 6.91. The van der Waals surface area contributed by atoms with Gasteiger partial charge < -0.3 is 20.0 Å². The molecule has 4 aromatic rings. The number of aromatic nitrogens is 4. The summed E-state index contributed by atoms with van der Waals surface area (Å²) in [5.41, 5.74) is 7.39. The average Bonchev–Trinajstić information content (AvgIpc) is 3.11. The Kier molecular flexibility index (Phi) is 3.05. The summed E-state index contributed by atoms with van der Waals surface area (Å²) < 4.78 is 15.9. The second kappa shape index (κ2) is 5.23. The van der Waals surface area contributed by atoms with Crippen molar-refractivity contribution in [3.8, 4) is 28.8 Å². The number of furan rings is 1. The molecule has 0 amide bonds. The molecule has 4 rings (SSSR count). The van der Waals surface area contributed by atoms with Crippen LogP contribution in [-0.2, 0) is 0 Å². The van der Waals surface area contributed by atoms with Gasteiger partial charge in [-0.15, -0.1) is 0 Å². The maximum absolute atomic E-state index is 9.43. The number of anilines is 1. The SMILES string of the molecule is Cc1c(-c2nonc2N)oc2cnc(Oc3cncc(O)c3)cc12. The lowest BCUT2D eigenvalue weighted by atomic mass is 10.1. The third kappa shape index (κ3) is 2.28. The third-order valence-electron chi connectivity index (χ3n) is 3.45. The van der Waals surface area contributed by atoms with Gasteiger partial charge in [0.15, 0.2) is 28.6 Å². The zero-order chi connectivity index (χ0) is 16.7. The highest BCUT2D eigenvalue weighted by Gasteiger charge is 2.19. The topological polar surface area (TPSA) is 133 Å². The molecule has 0 bridgehead atoms. The van der Waals surface area contributed by atoms with Gasteiger partial charge in [0.25, 0.3) is 0 Å². The van der Waals surface area contributed by atoms with Gasteiger partial charge in [-0.25, -0.2) is 9.61 Å². The van der Waals surface area contributed by atoms with Gasteiger partial charge in [-0.1, -0.05) is 0 Å². The quantitative estimate of drug-likeness (QED) is 0.583. The summed E-state index contributed by atoms with van der Waals surface area (Å²) in [6.07, 6.45) is 4.31. The second-order valence-electron chi connectivity index (χ2n) is 5.05. The van der Waals surface area contributed by atoms with E-state index >= 15 is 0 Å². The van der Waals surface area contributed by atoms with Gasteiger partial charge in [-0.3, -0.25) is 4.98 Å². The van der Waals surface area contributed by atoms with Crippen LogP contribution in [0.25, 0.3) is 22.4 Å². The Labute approximate surface area is 134 Å². The van der Waals surface area contributed by atoms with E-state index in [0.717, 1.165) is 10.9 Å². The fraction of sp³-hybridized carbons (Fsp3) is 0.0667. The number of nitrogen functional groups attached to an aromatic ring is 1. The highest BCUT2D eigenvalue weighted by atomic mass is 16.6. The molecule has 0 aromatic carbocycles. The molecule has 0 aliphatic carbocycles. The van der Waals surface area contributed by atoms with Gasteiger partial charge in [0.1, 0.15) is 5.75 Å². The number of ether oxygens (including phenoxy) is 1. The number of pyridine rings is 2. The van der Waals surface area contributed by atoms with Crippen molar-refractivity contribution < 1.29 is 18.9 Å². The largest absolute Gasteiger partial charge is 0.506 e. The van der Waals surface area contributed by atoms with Crippen LogP contribution in [0.2, 0.25) is 0 Å². The van der Waals surface area contributed by atoms with Crippen molar-refractivity contribution >= 4 is 16.8 Å². The molecule has 0 unspecified atom stereocenters. The van der Waals surface area contributed by atoms with Gasteiger partial charge in [-0.05, 0) is 17.2 Å². The van der Waals surface area contributed by atoms with Gasteiger partial charge in [-0.2, -0.15) is 0 Å². The minimum absolute atomic E-state index is 0.00404. The number of aryl methyl sites for hydroxylation is 1. The molecule has 0 saturated heterocycles. The number of hydrogen-bond acceptors (Lipinski definition) is 9. The molecule has 9 nitrogen and oxygen atoms in total. The van der Waals surface area contributed by atoms with Crippen molar-refractivity contribution in [3.63, 3.8) is 0 Å². The number of hydrogen-bond donors (Lipinski definition) is 2. The Morgan fingerprint density at radius 2 is 2.04 bits per heavy atom. The minimum Gasteiger partial charge on any atom is -0.506 e. The molecule has 0 aliphatic heterocycles. The van der Waals surface area contributed by atoms with Gasteiger partial charge in [0, 0.05) is 23.1 Å². The first-order chi connectivity index (χ1) is 11.6. The summed E-state index contributed by atoms with van der Waals surface area (Å²) in [5.74, 6) is 1.31. The Morgan fingerprint density at radius 1 is 1.17 bits per heavy atom. The summed E-state index contributed by atoms with van der Waals surface area (Å²) in [6.45, 7) is 1.86. The predicted octanol–water partition coefficient (Wildman–Crippen LogP) is 2.66. The zero-order valence-electron chi connectivity index (χ0n) is 12.4. The first-order valence-corrected chi connectivity index (χ1v) is 6.91. The molecule has 0 fully saturated rings. The van der Waals surface area contributed by atoms with Crippen molar-refractivity contribution in [1.82, 2.24) is 20.3 Å². The Balaban J connectivity index is 1.76. The van der Waals surface area contributed by atoms with E-state index in [4.69, 9.17) is 14.9 Å². The fourth-order valence-electron chi connectivity index (χ4n) is 2.33. The second-order valence-corrected chi connectivity index (χ2v) is 5.05. The number of nitrogens with two attached hydrogens (primary N) is 1. The van der Waals surface area contributed by atoms with E-state index in [1.165, 1.54) is 24.7 Å². The molecule has 0 atom stereocenters. The Bertz CT molecular complexity index is 1040. The number of rotatable bonds is 3. The first kappa shape index (κ1) is 14.0. The number of nitrogens with zero attached hydrogens (tertiary/aromatic N) is 4. The van der Waals surface area contributed by atoms with Crippen molar-refractivity contribution in [1.29, 1.82) is 0 Å². The smallest absolute Gasteiger partial charge is 0.220 e. The molecular weight excluding hydrogens is 314 g/mol. The van der Waals surface area contributed by atoms with Gasteiger partial charge >= 0.3 is 0 Å². The molecule has 0 spiro atoms. The Hall–Kier alpha value is -3.62. The van der Waals surface area contributed by atoms with Crippen LogP contribution in [0.4, 0.5) is 5.82 Å². The lowest BCUT2D eigenvalue weighted by Gasteiger charge is -2.04. The summed E-state index contributed by atoms with van der Waals surface area (Å²) in [6, 6.07) is 3.15. The van der Waals surface area contributed by atoms with E-state index in [1.807, 2.05) is 6.92 Å². The van der Waals surface area contributed by atoms with E-state index in [1.54, 1.807) is 6.07 Å². The summed E-state index contributed by atoms with van der Waals surface area (Å²) >= 11 is 0. The van der Waals surface area contributed by atoms with Crippen LogP contribution in [0.15, 0.2) is 39.8 Å². The van der Waals surface area contributed by atoms with Crippen LogP contribution >= 0.6 is 0 Å². The van der Waals surface area contributed by atoms with Crippen molar-refractivity contribution in [2.24, 2.45) is 0 Å². The van der Waals surface area contributed by atoms with E-state index in [9.17, 15) is 5.11 Å². The summed E-state index contributed by atoms with van der Waals surface area (Å²) in [7, 11) is 0. The number of aromatic hydroxyl groups is 1. The molecule has 0 saturated carbocycles. The fourth-order valence-corrected chi connectivity index (χ4v) is 2.33.